The predicted molar refractivity (Wildman–Crippen MR) is 47.7 cm³/mol. The Morgan fingerprint density at radius 1 is 1.64 bits per heavy atom. The van der Waals surface area contributed by atoms with E-state index in [-0.39, 0.29) is 29.6 Å². The number of rotatable bonds is 1. The van der Waals surface area contributed by atoms with Gasteiger partial charge in [0.1, 0.15) is 0 Å². The van der Waals surface area contributed by atoms with Crippen molar-refractivity contribution in [1.29, 1.82) is 0 Å². The van der Waals surface area contributed by atoms with Gasteiger partial charge >= 0.3 is 35.5 Å². The van der Waals surface area contributed by atoms with Crippen LogP contribution in [-0.2, 0) is 9.53 Å². The summed E-state index contributed by atoms with van der Waals surface area (Å²) < 4.78 is 4.56. The quantitative estimate of drug-likeness (QED) is 0.221. The number of carbonyl (C=O) groups is 1. The van der Waals surface area contributed by atoms with Crippen molar-refractivity contribution < 1.29 is 39.1 Å². The molecule has 0 aliphatic carbocycles. The summed E-state index contributed by atoms with van der Waals surface area (Å²) in [5.41, 5.74) is 1.55. The molecule has 0 aromatic heterocycles. The summed E-state index contributed by atoms with van der Waals surface area (Å²) in [7, 11) is 1.32. The van der Waals surface area contributed by atoms with Crippen LogP contribution in [0.4, 0.5) is 0 Å². The molecule has 0 unspecified atom stereocenters. The fraction of sp³-hybridized carbons (Fsp3) is 0.222. The third kappa shape index (κ3) is 2.72. The van der Waals surface area contributed by atoms with Crippen LogP contribution in [0.25, 0.3) is 0 Å². The van der Waals surface area contributed by atoms with Crippen LogP contribution in [0.5, 0.6) is 0 Å². The fourth-order valence-electron chi connectivity index (χ4n) is 1.01. The van der Waals surface area contributed by atoms with Gasteiger partial charge in [0.05, 0.1) is 12.7 Å². The van der Waals surface area contributed by atoms with Crippen LogP contribution in [0.2, 0.25) is 0 Å². The zero-order valence-corrected chi connectivity index (χ0v) is 10.6. The zero-order chi connectivity index (χ0) is 10.0. The summed E-state index contributed by atoms with van der Waals surface area (Å²) in [6, 6.07) is 0. The third-order valence-electron chi connectivity index (χ3n) is 1.76. The molecule has 0 saturated heterocycles. The van der Waals surface area contributed by atoms with Gasteiger partial charge in [0.2, 0.25) is 0 Å². The Morgan fingerprint density at radius 3 is 2.71 bits per heavy atom. The predicted octanol–water partition coefficient (Wildman–Crippen LogP) is -2.50. The summed E-state index contributed by atoms with van der Waals surface area (Å²) in [6.45, 7) is 7.28. The molecule has 0 spiro atoms. The molecule has 70 valence electrons. The molecule has 14 heavy (non-hydrogen) atoms. The molecule has 4 nitrogen and oxygen atoms in total. The van der Waals surface area contributed by atoms with Gasteiger partial charge in [-0.3, -0.25) is 6.58 Å². The third-order valence-corrected chi connectivity index (χ3v) is 1.76. The Bertz CT molecular complexity index is 321. The van der Waals surface area contributed by atoms with Crippen LogP contribution in [-0.4, -0.2) is 18.1 Å². The number of ether oxygens (including phenoxy) is 1. The van der Waals surface area contributed by atoms with Gasteiger partial charge < -0.3 is 9.75 Å². The smallest absolute Gasteiger partial charge is 0.465 e. The van der Waals surface area contributed by atoms with E-state index in [0.29, 0.717) is 11.3 Å². The second kappa shape index (κ2) is 5.36. The number of methoxy groups -OCH3 is 1. The minimum Gasteiger partial charge on any atom is -0.465 e. The topological polar surface area (TPSA) is 55.6 Å². The molecule has 1 heterocycles. The Hall–Kier alpha value is -0.550. The van der Waals surface area contributed by atoms with Gasteiger partial charge in [-0.25, -0.2) is 10.6 Å². The standard InChI is InChI=1S/C9H11N2O2.Na/c1-6-4-7(2)11(10)5-8(6)9(12)13-3;/h2,4-5H,10H2,1,3H3;/q-1;+1. The van der Waals surface area contributed by atoms with E-state index in [1.54, 1.807) is 13.0 Å². The molecule has 0 amide bonds. The first kappa shape index (κ1) is 13.4. The van der Waals surface area contributed by atoms with Crippen molar-refractivity contribution in [3.63, 3.8) is 0 Å². The van der Waals surface area contributed by atoms with Gasteiger partial charge in [0.15, 0.2) is 0 Å². The molecule has 1 aliphatic rings. The van der Waals surface area contributed by atoms with Crippen LogP contribution in [0.3, 0.4) is 0 Å². The molecule has 2 N–H and O–H groups in total. The maximum absolute atomic E-state index is 11.2. The number of nitrogens with two attached hydrogens (primary N) is 1. The Morgan fingerprint density at radius 2 is 2.21 bits per heavy atom. The molecule has 0 radical (unpaired) electrons. The number of hydrazine groups is 1. The van der Waals surface area contributed by atoms with Crippen LogP contribution < -0.4 is 35.4 Å². The average molecular weight is 202 g/mol. The van der Waals surface area contributed by atoms with E-state index in [1.807, 2.05) is 0 Å². The van der Waals surface area contributed by atoms with Crippen LogP contribution >= 0.6 is 0 Å². The maximum Gasteiger partial charge on any atom is 1.00 e. The van der Waals surface area contributed by atoms with Crippen LogP contribution in [0.15, 0.2) is 29.1 Å². The number of allylic oxidation sites excluding steroid dienone is 1. The first-order valence-electron chi connectivity index (χ1n) is 3.71. The van der Waals surface area contributed by atoms with Gasteiger partial charge in [0, 0.05) is 6.20 Å². The fourth-order valence-corrected chi connectivity index (χ4v) is 1.01. The summed E-state index contributed by atoms with van der Waals surface area (Å²) in [4.78, 5) is 11.2. The second-order valence-electron chi connectivity index (χ2n) is 2.69. The Balaban J connectivity index is 0.00000169. The van der Waals surface area contributed by atoms with Gasteiger partial charge in [-0.05, 0) is 0 Å². The molecule has 0 aromatic carbocycles. The van der Waals surface area contributed by atoms with E-state index in [2.05, 4.69) is 4.74 Å². The largest absolute Gasteiger partial charge is 1.00 e. The van der Waals surface area contributed by atoms with Gasteiger partial charge in [-0.1, -0.05) is 6.92 Å². The molecular formula is C9H11N2NaO2. The zero-order valence-electron chi connectivity index (χ0n) is 8.57. The summed E-state index contributed by atoms with van der Waals surface area (Å²) in [5, 5.41) is 1.18. The number of hydrogen-bond acceptors (Lipinski definition) is 4. The maximum atomic E-state index is 11.2. The minimum atomic E-state index is -0.420. The van der Waals surface area contributed by atoms with Crippen molar-refractivity contribution in [2.24, 2.45) is 5.84 Å². The van der Waals surface area contributed by atoms with E-state index in [9.17, 15) is 4.79 Å². The molecule has 1 aliphatic heterocycles. The first-order valence-corrected chi connectivity index (χ1v) is 3.71. The van der Waals surface area contributed by atoms with Gasteiger partial charge in [0.25, 0.3) is 0 Å². The SMILES string of the molecule is [CH-]=C1C=C(C)C(C(=O)OC)=CN1N.[Na+]. The average Bonchev–Trinajstić information content (AvgIpc) is 2.10. The van der Waals surface area contributed by atoms with Crippen molar-refractivity contribution in [3.05, 3.63) is 35.7 Å². The van der Waals surface area contributed by atoms with Crippen molar-refractivity contribution in [2.45, 2.75) is 6.92 Å². The van der Waals surface area contributed by atoms with Crippen LogP contribution in [0, 0.1) is 6.58 Å². The molecule has 5 heteroatoms. The number of nitrogens with zero attached hydrogens (tertiary/aromatic N) is 1. The normalized spacial score (nSPS) is 15.4. The molecule has 1 rings (SSSR count). The number of hydrogen-bond donors (Lipinski definition) is 1. The summed E-state index contributed by atoms with van der Waals surface area (Å²) in [5.74, 6) is 5.05. The van der Waals surface area contributed by atoms with Gasteiger partial charge in [-0.15, -0.1) is 11.3 Å². The van der Waals surface area contributed by atoms with Crippen molar-refractivity contribution in [1.82, 2.24) is 5.01 Å². The second-order valence-corrected chi connectivity index (χ2v) is 2.69. The molecule has 0 saturated carbocycles. The van der Waals surface area contributed by atoms with Crippen molar-refractivity contribution in [2.75, 3.05) is 7.11 Å². The Labute approximate surface area is 105 Å². The summed E-state index contributed by atoms with van der Waals surface area (Å²) in [6.07, 6.45) is 3.06. The molecule has 0 atom stereocenters. The number of esters is 1. The molecule has 0 bridgehead atoms. The van der Waals surface area contributed by atoms with Crippen LogP contribution in [0.1, 0.15) is 6.92 Å². The minimum absolute atomic E-state index is 0. The monoisotopic (exact) mass is 202 g/mol. The number of carbonyl (C=O) groups excluding carboxylic acids is 1. The van der Waals surface area contributed by atoms with Gasteiger partial charge in [-0.2, -0.15) is 6.08 Å². The molecule has 0 fully saturated rings. The Kier molecular flexibility index (Phi) is 5.15. The van der Waals surface area contributed by atoms with Crippen molar-refractivity contribution in [3.8, 4) is 0 Å². The summed E-state index contributed by atoms with van der Waals surface area (Å²) >= 11 is 0. The molecule has 0 aromatic rings. The molecular weight excluding hydrogens is 191 g/mol. The van der Waals surface area contributed by atoms with Crippen molar-refractivity contribution >= 4 is 5.97 Å². The van der Waals surface area contributed by atoms with E-state index >= 15 is 0 Å². The van der Waals surface area contributed by atoms with E-state index in [1.165, 1.54) is 18.3 Å². The van der Waals surface area contributed by atoms with E-state index < -0.39 is 5.97 Å². The first-order chi connectivity index (χ1) is 6.06. The van der Waals surface area contributed by atoms with E-state index in [4.69, 9.17) is 12.4 Å². The van der Waals surface area contributed by atoms with E-state index in [0.717, 1.165) is 5.57 Å².